The number of benzene rings is 1. The van der Waals surface area contributed by atoms with Gasteiger partial charge in [-0.2, -0.15) is 0 Å². The average molecular weight is 312 g/mol. The fourth-order valence-electron chi connectivity index (χ4n) is 2.41. The van der Waals surface area contributed by atoms with E-state index >= 15 is 0 Å². The minimum Gasteiger partial charge on any atom is -0.493 e. The fourth-order valence-corrected chi connectivity index (χ4v) is 2.64. The molecule has 1 aromatic rings. The van der Waals surface area contributed by atoms with E-state index in [0.717, 1.165) is 23.6 Å². The normalized spacial score (nSPS) is 15.8. The van der Waals surface area contributed by atoms with Crippen LogP contribution in [0.5, 0.6) is 11.5 Å². The summed E-state index contributed by atoms with van der Waals surface area (Å²) in [4.78, 5) is 0. The fraction of sp³-hybridized carbons (Fsp3) is 0.647. The highest BCUT2D eigenvalue weighted by atomic mass is 35.5. The van der Waals surface area contributed by atoms with Gasteiger partial charge in [0, 0.05) is 29.2 Å². The van der Waals surface area contributed by atoms with Gasteiger partial charge in [-0.3, -0.25) is 0 Å². The molecule has 1 aliphatic carbocycles. The van der Waals surface area contributed by atoms with E-state index in [1.54, 1.807) is 7.11 Å². The van der Waals surface area contributed by atoms with Crippen LogP contribution in [0.1, 0.15) is 45.1 Å². The summed E-state index contributed by atoms with van der Waals surface area (Å²) in [6, 6.07) is 4.45. The molecular formula is C17H26ClNO2. The first kappa shape index (κ1) is 16.4. The third-order valence-corrected chi connectivity index (χ3v) is 3.99. The molecule has 1 saturated carbocycles. The van der Waals surface area contributed by atoms with Crippen LogP contribution in [0.25, 0.3) is 0 Å². The average Bonchev–Trinajstić information content (AvgIpc) is 3.27. The SMILES string of the molecule is CCCC(C)COc1c(CNC2CC2)cc(Cl)cc1OC. The van der Waals surface area contributed by atoms with Crippen molar-refractivity contribution in [3.05, 3.63) is 22.7 Å². The standard InChI is InChI=1S/C17H26ClNO2/c1-4-5-12(2)11-21-17-13(10-19-15-6-7-15)8-14(18)9-16(17)20-3/h8-9,12,15,19H,4-7,10-11H2,1-3H3. The van der Waals surface area contributed by atoms with Gasteiger partial charge in [0.25, 0.3) is 0 Å². The van der Waals surface area contributed by atoms with E-state index < -0.39 is 0 Å². The Kier molecular flexibility index (Phi) is 6.19. The smallest absolute Gasteiger partial charge is 0.165 e. The topological polar surface area (TPSA) is 30.5 Å². The molecule has 0 aromatic heterocycles. The number of halogens is 1. The molecule has 1 aliphatic rings. The zero-order valence-corrected chi connectivity index (χ0v) is 14.0. The largest absolute Gasteiger partial charge is 0.493 e. The molecule has 0 heterocycles. The molecule has 0 spiro atoms. The minimum absolute atomic E-state index is 0.541. The van der Waals surface area contributed by atoms with Crippen LogP contribution < -0.4 is 14.8 Å². The Hall–Kier alpha value is -0.930. The first-order valence-corrected chi connectivity index (χ1v) is 8.24. The second-order valence-electron chi connectivity index (χ2n) is 5.96. The van der Waals surface area contributed by atoms with Crippen LogP contribution in [0, 0.1) is 5.92 Å². The van der Waals surface area contributed by atoms with Gasteiger partial charge in [0.2, 0.25) is 0 Å². The van der Waals surface area contributed by atoms with E-state index in [0.29, 0.717) is 23.6 Å². The Labute approximate surface area is 133 Å². The molecule has 118 valence electrons. The van der Waals surface area contributed by atoms with Crippen LogP contribution in [0.3, 0.4) is 0 Å². The van der Waals surface area contributed by atoms with E-state index in [1.165, 1.54) is 25.7 Å². The van der Waals surface area contributed by atoms with Crippen molar-refractivity contribution in [2.24, 2.45) is 5.92 Å². The van der Waals surface area contributed by atoms with E-state index in [1.807, 2.05) is 12.1 Å². The molecule has 4 heteroatoms. The van der Waals surface area contributed by atoms with Crippen molar-refractivity contribution in [1.82, 2.24) is 5.32 Å². The molecule has 3 nitrogen and oxygen atoms in total. The van der Waals surface area contributed by atoms with Gasteiger partial charge >= 0.3 is 0 Å². The summed E-state index contributed by atoms with van der Waals surface area (Å²) in [5, 5.41) is 4.20. The van der Waals surface area contributed by atoms with E-state index in [9.17, 15) is 0 Å². The maximum atomic E-state index is 6.18. The summed E-state index contributed by atoms with van der Waals surface area (Å²) in [7, 11) is 1.66. The molecule has 1 fully saturated rings. The quantitative estimate of drug-likeness (QED) is 0.732. The lowest BCUT2D eigenvalue weighted by molar-refractivity contribution is 0.237. The van der Waals surface area contributed by atoms with Gasteiger partial charge in [0.15, 0.2) is 11.5 Å². The molecule has 0 radical (unpaired) electrons. The van der Waals surface area contributed by atoms with E-state index in [4.69, 9.17) is 21.1 Å². The summed E-state index contributed by atoms with van der Waals surface area (Å²) in [6.07, 6.45) is 4.88. The Bertz CT molecular complexity index is 460. The first-order chi connectivity index (χ1) is 10.1. The zero-order valence-electron chi connectivity index (χ0n) is 13.2. The van der Waals surface area contributed by atoms with Crippen molar-refractivity contribution in [2.45, 2.75) is 52.1 Å². The molecule has 21 heavy (non-hydrogen) atoms. The third kappa shape index (κ3) is 5.08. The second-order valence-corrected chi connectivity index (χ2v) is 6.39. The van der Waals surface area contributed by atoms with Crippen molar-refractivity contribution >= 4 is 11.6 Å². The van der Waals surface area contributed by atoms with Gasteiger partial charge < -0.3 is 14.8 Å². The maximum Gasteiger partial charge on any atom is 0.165 e. The lowest BCUT2D eigenvalue weighted by Crippen LogP contribution is -2.17. The number of rotatable bonds is 9. The van der Waals surface area contributed by atoms with Gasteiger partial charge in [-0.25, -0.2) is 0 Å². The van der Waals surface area contributed by atoms with Gasteiger partial charge in [-0.15, -0.1) is 0 Å². The highest BCUT2D eigenvalue weighted by Crippen LogP contribution is 2.35. The van der Waals surface area contributed by atoms with Crippen LogP contribution in [0.2, 0.25) is 5.02 Å². The molecule has 0 saturated heterocycles. The molecule has 1 atom stereocenters. The highest BCUT2D eigenvalue weighted by molar-refractivity contribution is 6.30. The highest BCUT2D eigenvalue weighted by Gasteiger charge is 2.22. The van der Waals surface area contributed by atoms with Crippen molar-refractivity contribution < 1.29 is 9.47 Å². The number of hydrogen-bond acceptors (Lipinski definition) is 3. The monoisotopic (exact) mass is 311 g/mol. The van der Waals surface area contributed by atoms with Gasteiger partial charge in [-0.05, 0) is 31.2 Å². The van der Waals surface area contributed by atoms with Crippen LogP contribution in [-0.4, -0.2) is 19.8 Å². The molecular weight excluding hydrogens is 286 g/mol. The Morgan fingerprint density at radius 3 is 2.76 bits per heavy atom. The number of nitrogens with one attached hydrogen (secondary N) is 1. The zero-order chi connectivity index (χ0) is 15.2. The van der Waals surface area contributed by atoms with Crippen LogP contribution in [-0.2, 0) is 6.54 Å². The van der Waals surface area contributed by atoms with Crippen molar-refractivity contribution in [3.63, 3.8) is 0 Å². The third-order valence-electron chi connectivity index (χ3n) is 3.77. The van der Waals surface area contributed by atoms with Crippen LogP contribution >= 0.6 is 11.6 Å². The molecule has 1 N–H and O–H groups in total. The van der Waals surface area contributed by atoms with Gasteiger partial charge in [0.05, 0.1) is 13.7 Å². The number of hydrogen-bond donors (Lipinski definition) is 1. The minimum atomic E-state index is 0.541. The molecule has 0 aliphatic heterocycles. The summed E-state index contributed by atoms with van der Waals surface area (Å²) >= 11 is 6.18. The number of ether oxygens (including phenoxy) is 2. The second kappa shape index (κ2) is 7.90. The molecule has 1 unspecified atom stereocenters. The lowest BCUT2D eigenvalue weighted by Gasteiger charge is -2.18. The summed E-state index contributed by atoms with van der Waals surface area (Å²) in [6.45, 7) is 5.90. The lowest BCUT2D eigenvalue weighted by atomic mass is 10.1. The van der Waals surface area contributed by atoms with Gasteiger partial charge in [-0.1, -0.05) is 31.9 Å². The first-order valence-electron chi connectivity index (χ1n) is 7.86. The summed E-state index contributed by atoms with van der Waals surface area (Å²) in [5.41, 5.74) is 1.08. The molecule has 1 aromatic carbocycles. The molecule has 0 amide bonds. The van der Waals surface area contributed by atoms with E-state index in [2.05, 4.69) is 19.2 Å². The Balaban J connectivity index is 2.09. The maximum absolute atomic E-state index is 6.18. The van der Waals surface area contributed by atoms with Crippen LogP contribution in [0.15, 0.2) is 12.1 Å². The predicted octanol–water partition coefficient (Wildman–Crippen LogP) is 4.42. The Morgan fingerprint density at radius 1 is 1.38 bits per heavy atom. The molecule has 2 rings (SSSR count). The summed E-state index contributed by atoms with van der Waals surface area (Å²) in [5.74, 6) is 2.09. The van der Waals surface area contributed by atoms with Crippen molar-refractivity contribution in [2.75, 3.05) is 13.7 Å². The molecule has 0 bridgehead atoms. The van der Waals surface area contributed by atoms with E-state index in [-0.39, 0.29) is 0 Å². The van der Waals surface area contributed by atoms with Crippen LogP contribution in [0.4, 0.5) is 0 Å². The summed E-state index contributed by atoms with van der Waals surface area (Å²) < 4.78 is 11.5. The number of methoxy groups -OCH3 is 1. The van der Waals surface area contributed by atoms with Crippen molar-refractivity contribution in [3.8, 4) is 11.5 Å². The van der Waals surface area contributed by atoms with Crippen molar-refractivity contribution in [1.29, 1.82) is 0 Å². The predicted molar refractivity (Wildman–Crippen MR) is 87.4 cm³/mol. The van der Waals surface area contributed by atoms with Gasteiger partial charge in [0.1, 0.15) is 0 Å². The Morgan fingerprint density at radius 2 is 2.14 bits per heavy atom.